The van der Waals surface area contributed by atoms with Gasteiger partial charge in [0.05, 0.1) is 18.1 Å². The van der Waals surface area contributed by atoms with Crippen LogP contribution in [0.25, 0.3) is 6.08 Å². The highest BCUT2D eigenvalue weighted by Crippen LogP contribution is 2.12. The Kier molecular flexibility index (Phi) is 8.25. The van der Waals surface area contributed by atoms with Gasteiger partial charge in [-0.3, -0.25) is 19.8 Å². The van der Waals surface area contributed by atoms with E-state index in [2.05, 4.69) is 10.2 Å². The lowest BCUT2D eigenvalue weighted by Gasteiger charge is -2.26. The molecular formula is C15H19ClN3O4-. The zero-order valence-electron chi connectivity index (χ0n) is 12.6. The third kappa shape index (κ3) is 6.77. The Morgan fingerprint density at radius 1 is 1.30 bits per heavy atom. The molecule has 0 unspecified atom stereocenters. The predicted octanol–water partition coefficient (Wildman–Crippen LogP) is -1.94. The van der Waals surface area contributed by atoms with E-state index in [9.17, 15) is 14.9 Å². The van der Waals surface area contributed by atoms with Crippen LogP contribution in [0.4, 0.5) is 5.69 Å². The zero-order chi connectivity index (χ0) is 15.8. The molecule has 1 heterocycles. The van der Waals surface area contributed by atoms with E-state index in [1.165, 1.54) is 18.2 Å². The molecule has 0 radical (unpaired) electrons. The zero-order valence-corrected chi connectivity index (χ0v) is 13.4. The topological polar surface area (TPSA) is 84.7 Å². The van der Waals surface area contributed by atoms with Gasteiger partial charge in [-0.15, -0.1) is 0 Å². The first-order valence-corrected chi connectivity index (χ1v) is 7.15. The Balaban J connectivity index is 0.00000264. The van der Waals surface area contributed by atoms with Crippen molar-refractivity contribution in [3.63, 3.8) is 0 Å². The molecule has 0 aromatic heterocycles. The Morgan fingerprint density at radius 2 is 1.96 bits per heavy atom. The number of nitro benzene ring substituents is 1. The van der Waals surface area contributed by atoms with Gasteiger partial charge in [-0.2, -0.15) is 0 Å². The van der Waals surface area contributed by atoms with E-state index in [0.29, 0.717) is 6.54 Å². The highest BCUT2D eigenvalue weighted by Gasteiger charge is 2.09. The van der Waals surface area contributed by atoms with Crippen molar-refractivity contribution in [3.8, 4) is 0 Å². The molecule has 1 N–H and O–H groups in total. The van der Waals surface area contributed by atoms with Crippen LogP contribution in [0, 0.1) is 10.1 Å². The van der Waals surface area contributed by atoms with E-state index < -0.39 is 4.92 Å². The number of amides is 1. The van der Waals surface area contributed by atoms with Crippen molar-refractivity contribution in [3.05, 3.63) is 46.0 Å². The van der Waals surface area contributed by atoms with Gasteiger partial charge in [0, 0.05) is 44.4 Å². The van der Waals surface area contributed by atoms with Gasteiger partial charge in [-0.1, -0.05) is 0 Å². The summed E-state index contributed by atoms with van der Waals surface area (Å²) in [5, 5.41) is 13.4. The van der Waals surface area contributed by atoms with Gasteiger partial charge in [0.2, 0.25) is 5.91 Å². The fourth-order valence-corrected chi connectivity index (χ4v) is 2.10. The first-order valence-electron chi connectivity index (χ1n) is 7.15. The molecule has 1 saturated heterocycles. The smallest absolute Gasteiger partial charge is 0.269 e. The number of nitrogens with zero attached hydrogens (tertiary/aromatic N) is 2. The SMILES string of the molecule is O=C(/C=C/c1ccc([N+](=O)[O-])cc1)NCCN1CCOCC1.[Cl-]. The molecule has 23 heavy (non-hydrogen) atoms. The monoisotopic (exact) mass is 340 g/mol. The van der Waals surface area contributed by atoms with Crippen LogP contribution in [0.5, 0.6) is 0 Å². The minimum absolute atomic E-state index is 0. The first-order chi connectivity index (χ1) is 10.6. The van der Waals surface area contributed by atoms with E-state index in [0.717, 1.165) is 38.4 Å². The summed E-state index contributed by atoms with van der Waals surface area (Å²) >= 11 is 0. The van der Waals surface area contributed by atoms with Crippen molar-refractivity contribution in [1.82, 2.24) is 10.2 Å². The van der Waals surface area contributed by atoms with Gasteiger partial charge >= 0.3 is 0 Å². The third-order valence-electron chi connectivity index (χ3n) is 3.36. The molecule has 1 aromatic rings. The highest BCUT2D eigenvalue weighted by atomic mass is 35.5. The van der Waals surface area contributed by atoms with Gasteiger partial charge in [0.25, 0.3) is 5.69 Å². The molecule has 1 aromatic carbocycles. The molecule has 0 atom stereocenters. The number of nitrogens with one attached hydrogen (secondary N) is 1. The molecule has 1 fully saturated rings. The van der Waals surface area contributed by atoms with E-state index in [1.54, 1.807) is 18.2 Å². The molecule has 0 aliphatic carbocycles. The maximum absolute atomic E-state index is 11.7. The minimum Gasteiger partial charge on any atom is -1.00 e. The van der Waals surface area contributed by atoms with Crippen molar-refractivity contribution in [2.45, 2.75) is 0 Å². The van der Waals surface area contributed by atoms with Crippen molar-refractivity contribution in [2.75, 3.05) is 39.4 Å². The maximum Gasteiger partial charge on any atom is 0.269 e. The number of hydrogen-bond donors (Lipinski definition) is 1. The van der Waals surface area contributed by atoms with Crippen LogP contribution < -0.4 is 17.7 Å². The molecule has 126 valence electrons. The average Bonchev–Trinajstić information content (AvgIpc) is 2.54. The molecule has 1 aliphatic rings. The first kappa shape index (κ1) is 19.1. The number of rotatable bonds is 6. The van der Waals surface area contributed by atoms with E-state index in [4.69, 9.17) is 4.74 Å². The summed E-state index contributed by atoms with van der Waals surface area (Å²) in [4.78, 5) is 24.0. The molecule has 2 rings (SSSR count). The number of morpholine rings is 1. The summed E-state index contributed by atoms with van der Waals surface area (Å²) in [6, 6.07) is 6.04. The fourth-order valence-electron chi connectivity index (χ4n) is 2.10. The molecule has 0 bridgehead atoms. The van der Waals surface area contributed by atoms with Gasteiger partial charge < -0.3 is 22.5 Å². The summed E-state index contributed by atoms with van der Waals surface area (Å²) in [5.74, 6) is -0.174. The standard InChI is InChI=1S/C15H19N3O4.ClH/c19-15(16-7-8-17-9-11-22-12-10-17)6-3-13-1-4-14(5-2-13)18(20)21;/h1-6H,7-12H2,(H,16,19);1H/p-1/b6-3+;. The van der Waals surface area contributed by atoms with Crippen LogP contribution in [-0.2, 0) is 9.53 Å². The van der Waals surface area contributed by atoms with Gasteiger partial charge in [-0.05, 0) is 23.8 Å². The lowest BCUT2D eigenvalue weighted by molar-refractivity contribution is -0.384. The third-order valence-corrected chi connectivity index (χ3v) is 3.36. The maximum atomic E-state index is 11.7. The molecule has 7 nitrogen and oxygen atoms in total. The van der Waals surface area contributed by atoms with Crippen LogP contribution >= 0.6 is 0 Å². The number of nitro groups is 1. The Hall–Kier alpha value is -1.96. The summed E-state index contributed by atoms with van der Waals surface area (Å²) in [5.41, 5.74) is 0.779. The molecule has 0 saturated carbocycles. The second kappa shape index (κ2) is 9.94. The van der Waals surface area contributed by atoms with Crippen molar-refractivity contribution < 1.29 is 26.9 Å². The number of carbonyl (C=O) groups excluding carboxylic acids is 1. The van der Waals surface area contributed by atoms with Crippen LogP contribution in [-0.4, -0.2) is 55.1 Å². The van der Waals surface area contributed by atoms with Gasteiger partial charge in [-0.25, -0.2) is 0 Å². The quantitative estimate of drug-likeness (QED) is 0.370. The van der Waals surface area contributed by atoms with E-state index in [1.807, 2.05) is 0 Å². The number of benzene rings is 1. The van der Waals surface area contributed by atoms with E-state index in [-0.39, 0.29) is 24.0 Å². The molecule has 1 aliphatic heterocycles. The second-order valence-corrected chi connectivity index (χ2v) is 4.93. The Morgan fingerprint density at radius 3 is 2.57 bits per heavy atom. The number of hydrogen-bond acceptors (Lipinski definition) is 5. The molecule has 8 heteroatoms. The molecular weight excluding hydrogens is 322 g/mol. The van der Waals surface area contributed by atoms with Gasteiger partial charge in [0.1, 0.15) is 0 Å². The predicted molar refractivity (Wildman–Crippen MR) is 82.4 cm³/mol. The Bertz CT molecular complexity index is 542. The summed E-state index contributed by atoms with van der Waals surface area (Å²) in [7, 11) is 0. The van der Waals surface area contributed by atoms with Crippen LogP contribution in [0.15, 0.2) is 30.3 Å². The van der Waals surface area contributed by atoms with Crippen molar-refractivity contribution in [2.24, 2.45) is 0 Å². The lowest BCUT2D eigenvalue weighted by atomic mass is 10.2. The number of non-ortho nitro benzene ring substituents is 1. The van der Waals surface area contributed by atoms with Crippen molar-refractivity contribution in [1.29, 1.82) is 0 Å². The number of carbonyl (C=O) groups is 1. The van der Waals surface area contributed by atoms with Crippen molar-refractivity contribution >= 4 is 17.7 Å². The van der Waals surface area contributed by atoms with Crippen LogP contribution in [0.1, 0.15) is 5.56 Å². The van der Waals surface area contributed by atoms with Gasteiger partial charge in [0.15, 0.2) is 0 Å². The number of halogens is 1. The minimum atomic E-state index is -0.453. The number of ether oxygens (including phenoxy) is 1. The highest BCUT2D eigenvalue weighted by molar-refractivity contribution is 5.91. The molecule has 0 spiro atoms. The largest absolute Gasteiger partial charge is 1.00 e. The van der Waals surface area contributed by atoms with E-state index >= 15 is 0 Å². The lowest BCUT2D eigenvalue weighted by Crippen LogP contribution is -3.00. The van der Waals surface area contributed by atoms with Crippen LogP contribution in [0.3, 0.4) is 0 Å². The summed E-state index contributed by atoms with van der Waals surface area (Å²) in [6.45, 7) is 4.68. The second-order valence-electron chi connectivity index (χ2n) is 4.93. The summed E-state index contributed by atoms with van der Waals surface area (Å²) < 4.78 is 5.26. The fraction of sp³-hybridized carbons (Fsp3) is 0.400. The average molecular weight is 341 g/mol. The summed E-state index contributed by atoms with van der Waals surface area (Å²) in [6.07, 6.45) is 3.06. The normalized spacial score (nSPS) is 15.1. The molecule has 1 amide bonds. The Labute approximate surface area is 140 Å². The van der Waals surface area contributed by atoms with Crippen LogP contribution in [0.2, 0.25) is 0 Å².